The van der Waals surface area contributed by atoms with E-state index in [4.69, 9.17) is 0 Å². The van der Waals surface area contributed by atoms with Gasteiger partial charge in [-0.1, -0.05) is 0 Å². The summed E-state index contributed by atoms with van der Waals surface area (Å²) >= 11 is 0. The molecule has 1 heterocycles. The molecule has 1 fully saturated rings. The molecule has 3 nitrogen and oxygen atoms in total. The van der Waals surface area contributed by atoms with E-state index in [0.29, 0.717) is 11.7 Å². The van der Waals surface area contributed by atoms with Crippen LogP contribution in [0.25, 0.3) is 0 Å². The molecule has 1 aliphatic carbocycles. The van der Waals surface area contributed by atoms with Gasteiger partial charge in [0.05, 0.1) is 0 Å². The molecule has 0 amide bonds. The van der Waals surface area contributed by atoms with Crippen LogP contribution in [0.5, 0.6) is 0 Å². The second-order valence-electron chi connectivity index (χ2n) is 2.83. The number of nitrogens with one attached hydrogen (secondary N) is 2. The minimum Gasteiger partial charge on any atom is -0.378 e. The Morgan fingerprint density at radius 1 is 1.55 bits per heavy atom. The molecule has 3 heteroatoms. The summed E-state index contributed by atoms with van der Waals surface area (Å²) in [6, 6.07) is 4.17. The number of anilines is 1. The van der Waals surface area contributed by atoms with Gasteiger partial charge in [0, 0.05) is 12.2 Å². The van der Waals surface area contributed by atoms with Crippen LogP contribution < -0.4 is 10.9 Å². The van der Waals surface area contributed by atoms with Gasteiger partial charge in [-0.15, -0.1) is 0 Å². The molecule has 1 aliphatic rings. The highest BCUT2D eigenvalue weighted by Crippen LogP contribution is 2.22. The van der Waals surface area contributed by atoms with Gasteiger partial charge in [-0.25, -0.2) is 0 Å². The molecule has 0 saturated heterocycles. The molecule has 2 N–H and O–H groups in total. The van der Waals surface area contributed by atoms with E-state index in [2.05, 4.69) is 10.3 Å². The smallest absolute Gasteiger partial charge is 0.271 e. The lowest BCUT2D eigenvalue weighted by molar-refractivity contribution is 1.12. The zero-order valence-corrected chi connectivity index (χ0v) is 6.13. The highest BCUT2D eigenvalue weighted by Gasteiger charge is 2.21. The van der Waals surface area contributed by atoms with Gasteiger partial charge in [0.25, 0.3) is 5.56 Å². The van der Waals surface area contributed by atoms with Crippen LogP contribution in [0.3, 0.4) is 0 Å². The minimum absolute atomic E-state index is 0.0283. The van der Waals surface area contributed by atoms with Crippen LogP contribution in [0.4, 0.5) is 5.69 Å². The molecule has 0 atom stereocenters. The summed E-state index contributed by atoms with van der Waals surface area (Å²) in [6.45, 7) is 0. The summed E-state index contributed by atoms with van der Waals surface area (Å²) in [5, 5.41) is 3.14. The van der Waals surface area contributed by atoms with Crippen LogP contribution in [-0.2, 0) is 0 Å². The summed E-state index contributed by atoms with van der Waals surface area (Å²) in [5.41, 5.74) is 0.661. The highest BCUT2D eigenvalue weighted by atomic mass is 16.1. The minimum atomic E-state index is -0.0283. The van der Waals surface area contributed by atoms with Gasteiger partial charge in [0.1, 0.15) is 5.69 Å². The fourth-order valence-corrected chi connectivity index (χ4v) is 0.983. The quantitative estimate of drug-likeness (QED) is 0.659. The maximum atomic E-state index is 11.1. The summed E-state index contributed by atoms with van der Waals surface area (Å²) in [5.74, 6) is 0. The first-order valence-corrected chi connectivity index (χ1v) is 3.80. The van der Waals surface area contributed by atoms with Crippen molar-refractivity contribution in [3.8, 4) is 0 Å². The van der Waals surface area contributed by atoms with Crippen molar-refractivity contribution in [3.05, 3.63) is 28.7 Å². The molecule has 2 rings (SSSR count). The van der Waals surface area contributed by atoms with Gasteiger partial charge in [-0.3, -0.25) is 4.79 Å². The molecular weight excluding hydrogens is 140 g/mol. The zero-order chi connectivity index (χ0) is 7.68. The number of hydrogen-bond donors (Lipinski definition) is 2. The number of rotatable bonds is 2. The molecule has 0 aromatic carbocycles. The maximum Gasteiger partial charge on any atom is 0.271 e. The molecule has 1 saturated carbocycles. The monoisotopic (exact) mass is 150 g/mol. The van der Waals surface area contributed by atoms with Gasteiger partial charge in [0.2, 0.25) is 0 Å². The Hall–Kier alpha value is -1.25. The number of H-pyrrole nitrogens is 1. The fraction of sp³-hybridized carbons (Fsp3) is 0.375. The van der Waals surface area contributed by atoms with Crippen molar-refractivity contribution in [3.63, 3.8) is 0 Å². The van der Waals surface area contributed by atoms with Crippen molar-refractivity contribution in [1.29, 1.82) is 0 Å². The topological polar surface area (TPSA) is 44.9 Å². The Morgan fingerprint density at radius 3 is 3.00 bits per heavy atom. The van der Waals surface area contributed by atoms with Crippen molar-refractivity contribution < 1.29 is 0 Å². The first-order chi connectivity index (χ1) is 5.36. The average molecular weight is 150 g/mol. The Labute approximate surface area is 64.5 Å². The van der Waals surface area contributed by atoms with Crippen molar-refractivity contribution in [2.75, 3.05) is 5.32 Å². The zero-order valence-electron chi connectivity index (χ0n) is 6.13. The summed E-state index contributed by atoms with van der Waals surface area (Å²) < 4.78 is 0. The third kappa shape index (κ3) is 1.42. The second-order valence-corrected chi connectivity index (χ2v) is 2.83. The van der Waals surface area contributed by atoms with Crippen LogP contribution in [0.15, 0.2) is 23.1 Å². The summed E-state index contributed by atoms with van der Waals surface area (Å²) in [6.07, 6.45) is 4.02. The summed E-state index contributed by atoms with van der Waals surface area (Å²) in [7, 11) is 0. The van der Waals surface area contributed by atoms with E-state index < -0.39 is 0 Å². The Balaban J connectivity index is 2.21. The molecule has 0 spiro atoms. The predicted molar refractivity (Wildman–Crippen MR) is 43.7 cm³/mol. The van der Waals surface area contributed by atoms with Crippen molar-refractivity contribution in [2.24, 2.45) is 0 Å². The molecule has 0 radical (unpaired) electrons. The third-order valence-electron chi connectivity index (χ3n) is 1.76. The van der Waals surface area contributed by atoms with Gasteiger partial charge in [-0.05, 0) is 25.0 Å². The number of aromatic nitrogens is 1. The molecule has 11 heavy (non-hydrogen) atoms. The maximum absolute atomic E-state index is 11.1. The molecule has 0 unspecified atom stereocenters. The Morgan fingerprint density at radius 2 is 2.36 bits per heavy atom. The Bertz CT molecular complexity index is 301. The Kier molecular flexibility index (Phi) is 1.42. The highest BCUT2D eigenvalue weighted by molar-refractivity contribution is 5.41. The lowest BCUT2D eigenvalue weighted by Crippen LogP contribution is -2.14. The van der Waals surface area contributed by atoms with Gasteiger partial charge in [0.15, 0.2) is 0 Å². The average Bonchev–Trinajstić information content (AvgIpc) is 2.78. The lowest BCUT2D eigenvalue weighted by Gasteiger charge is -2.00. The molecular formula is C8H10N2O. The van der Waals surface area contributed by atoms with Gasteiger partial charge >= 0.3 is 0 Å². The molecule has 0 bridgehead atoms. The van der Waals surface area contributed by atoms with E-state index in [1.165, 1.54) is 12.8 Å². The molecule has 1 aromatic heterocycles. The number of hydrogen-bond acceptors (Lipinski definition) is 2. The van der Waals surface area contributed by atoms with Crippen molar-refractivity contribution in [2.45, 2.75) is 18.9 Å². The van der Waals surface area contributed by atoms with E-state index >= 15 is 0 Å². The van der Waals surface area contributed by atoms with Gasteiger partial charge < -0.3 is 10.3 Å². The molecule has 58 valence electrons. The van der Waals surface area contributed by atoms with E-state index in [9.17, 15) is 4.79 Å². The first-order valence-electron chi connectivity index (χ1n) is 3.80. The van der Waals surface area contributed by atoms with E-state index in [1.54, 1.807) is 12.3 Å². The van der Waals surface area contributed by atoms with Crippen LogP contribution in [0, 0.1) is 0 Å². The third-order valence-corrected chi connectivity index (χ3v) is 1.76. The van der Waals surface area contributed by atoms with Crippen LogP contribution in [0.2, 0.25) is 0 Å². The van der Waals surface area contributed by atoms with Crippen molar-refractivity contribution >= 4 is 5.69 Å². The van der Waals surface area contributed by atoms with E-state index in [0.717, 1.165) is 0 Å². The van der Waals surface area contributed by atoms with Crippen LogP contribution in [0.1, 0.15) is 12.8 Å². The predicted octanol–water partition coefficient (Wildman–Crippen LogP) is 0.949. The molecule has 0 aliphatic heterocycles. The second kappa shape index (κ2) is 2.42. The standard InChI is InChI=1S/C8H10N2O/c11-8-7(2-1-5-9-8)10-6-3-4-6/h1-2,5-6,10H,3-4H2,(H,9,11). The van der Waals surface area contributed by atoms with Crippen LogP contribution >= 0.6 is 0 Å². The SMILES string of the molecule is O=c1[nH]cccc1NC1CC1. The van der Waals surface area contributed by atoms with E-state index in [1.807, 2.05) is 6.07 Å². The lowest BCUT2D eigenvalue weighted by atomic mass is 10.4. The number of aromatic amines is 1. The molecule has 1 aromatic rings. The van der Waals surface area contributed by atoms with Crippen LogP contribution in [-0.4, -0.2) is 11.0 Å². The normalized spacial score (nSPS) is 16.4. The fourth-order valence-electron chi connectivity index (χ4n) is 0.983. The van der Waals surface area contributed by atoms with Gasteiger partial charge in [-0.2, -0.15) is 0 Å². The number of pyridine rings is 1. The first kappa shape index (κ1) is 6.46. The summed E-state index contributed by atoms with van der Waals surface area (Å²) in [4.78, 5) is 13.7. The van der Waals surface area contributed by atoms with Crippen molar-refractivity contribution in [1.82, 2.24) is 4.98 Å². The van der Waals surface area contributed by atoms with E-state index in [-0.39, 0.29) is 5.56 Å². The largest absolute Gasteiger partial charge is 0.378 e.